The van der Waals surface area contributed by atoms with Crippen molar-refractivity contribution in [3.63, 3.8) is 0 Å². The third kappa shape index (κ3) is 7.94. The fraction of sp³-hybridized carbons (Fsp3) is 0.200. The van der Waals surface area contributed by atoms with Crippen LogP contribution in [0, 0.1) is 6.92 Å². The number of carbonyl (C=O) groups excluding carboxylic acids is 2. The highest BCUT2D eigenvalue weighted by molar-refractivity contribution is 6.38. The molecule has 2 heterocycles. The van der Waals surface area contributed by atoms with Gasteiger partial charge in [0.2, 0.25) is 11.8 Å². The molecule has 0 saturated heterocycles. The van der Waals surface area contributed by atoms with Gasteiger partial charge in [-0.1, -0.05) is 41.4 Å². The van der Waals surface area contributed by atoms with E-state index in [9.17, 15) is 9.59 Å². The fourth-order valence-corrected chi connectivity index (χ4v) is 4.47. The molecule has 2 aromatic carbocycles. The van der Waals surface area contributed by atoms with Crippen LogP contribution in [0.15, 0.2) is 67.1 Å². The number of hydrogen-bond acceptors (Lipinski definition) is 7. The number of benzene rings is 2. The number of anilines is 2. The summed E-state index contributed by atoms with van der Waals surface area (Å²) in [5, 5.41) is 7.27. The summed E-state index contributed by atoms with van der Waals surface area (Å²) in [6.45, 7) is 3.57. The topological polar surface area (TPSA) is 106 Å². The van der Waals surface area contributed by atoms with Crippen LogP contribution < -0.4 is 20.3 Å². The van der Waals surface area contributed by atoms with E-state index >= 15 is 0 Å². The quantitative estimate of drug-likeness (QED) is 0.125. The molecule has 2 aromatic heterocycles. The van der Waals surface area contributed by atoms with Crippen LogP contribution in [0.25, 0.3) is 17.0 Å². The Bertz CT molecular complexity index is 1580. The lowest BCUT2D eigenvalue weighted by Gasteiger charge is -2.21. The lowest BCUT2D eigenvalue weighted by Crippen LogP contribution is -2.36. The summed E-state index contributed by atoms with van der Waals surface area (Å²) in [7, 11) is 1.64. The van der Waals surface area contributed by atoms with Crippen molar-refractivity contribution in [3.8, 4) is 5.75 Å². The molecule has 4 aromatic rings. The Morgan fingerprint density at radius 3 is 2.66 bits per heavy atom. The van der Waals surface area contributed by atoms with E-state index in [1.165, 1.54) is 18.1 Å². The van der Waals surface area contributed by atoms with Gasteiger partial charge in [-0.05, 0) is 55.0 Å². The van der Waals surface area contributed by atoms with Crippen molar-refractivity contribution in [1.82, 2.24) is 15.3 Å². The molecule has 0 fully saturated rings. The maximum Gasteiger partial charge on any atom is 0.240 e. The molecule has 0 bridgehead atoms. The van der Waals surface area contributed by atoms with Gasteiger partial charge in [0.25, 0.3) is 0 Å². The largest absolute Gasteiger partial charge is 0.487 e. The molecule has 0 aliphatic heterocycles. The zero-order valence-corrected chi connectivity index (χ0v) is 24.3. The van der Waals surface area contributed by atoms with E-state index in [2.05, 4.69) is 20.6 Å². The average Bonchev–Trinajstić information content (AvgIpc) is 2.95. The molecule has 2 N–H and O–H groups in total. The zero-order chi connectivity index (χ0) is 29.4. The highest BCUT2D eigenvalue weighted by atomic mass is 35.5. The molecule has 0 aliphatic rings. The van der Waals surface area contributed by atoms with Gasteiger partial charge in [0.1, 0.15) is 30.4 Å². The molecule has 41 heavy (non-hydrogen) atoms. The van der Waals surface area contributed by atoms with Crippen LogP contribution in [0.3, 0.4) is 0 Å². The van der Waals surface area contributed by atoms with Gasteiger partial charge < -0.3 is 19.7 Å². The Labute approximate surface area is 248 Å². The number of hydrogen-bond donors (Lipinski definition) is 2. The highest BCUT2D eigenvalue weighted by Crippen LogP contribution is 2.35. The Morgan fingerprint density at radius 1 is 1.07 bits per heavy atom. The number of aromatic nitrogens is 2. The lowest BCUT2D eigenvalue weighted by atomic mass is 10.1. The van der Waals surface area contributed by atoms with Gasteiger partial charge in [-0.2, -0.15) is 0 Å². The molecule has 0 unspecified atom stereocenters. The normalized spacial score (nSPS) is 11.0. The first-order chi connectivity index (χ1) is 19.7. The Balaban J connectivity index is 1.31. The minimum atomic E-state index is -0.222. The first-order valence-electron chi connectivity index (χ1n) is 12.7. The third-order valence-corrected chi connectivity index (χ3v) is 6.78. The molecule has 0 saturated carbocycles. The third-order valence-electron chi connectivity index (χ3n) is 6.00. The number of aryl methyl sites for hydroxylation is 1. The number of rotatable bonds is 11. The van der Waals surface area contributed by atoms with E-state index in [0.717, 1.165) is 22.2 Å². The number of carbonyl (C=O) groups is 2. The summed E-state index contributed by atoms with van der Waals surface area (Å²) >= 11 is 13.2. The second-order valence-electron chi connectivity index (χ2n) is 9.08. The van der Waals surface area contributed by atoms with Crippen LogP contribution in [0.5, 0.6) is 5.75 Å². The monoisotopic (exact) mass is 593 g/mol. The number of pyridine rings is 2. The zero-order valence-electron chi connectivity index (χ0n) is 22.8. The van der Waals surface area contributed by atoms with Crippen molar-refractivity contribution >= 4 is 63.5 Å². The molecule has 11 heteroatoms. The Hall–Kier alpha value is -4.18. The molecular formula is C30H29Cl2N5O4. The van der Waals surface area contributed by atoms with Crippen molar-refractivity contribution in [2.24, 2.45) is 0 Å². The van der Waals surface area contributed by atoms with Crippen molar-refractivity contribution in [2.45, 2.75) is 20.5 Å². The SMILES string of the molecule is CC(=O)Nc1ccc(C=COCNCC(=O)N(C)c2ccc(Cl)c(COc3cccc4ccc(C)nc34)c2Cl)cn1. The lowest BCUT2D eigenvalue weighted by molar-refractivity contribution is -0.117. The molecular weight excluding hydrogens is 565 g/mol. The van der Waals surface area contributed by atoms with Crippen molar-refractivity contribution in [1.29, 1.82) is 0 Å². The molecule has 2 amide bonds. The smallest absolute Gasteiger partial charge is 0.240 e. The number of ether oxygens (including phenoxy) is 2. The highest BCUT2D eigenvalue weighted by Gasteiger charge is 2.19. The number of fused-ring (bicyclic) bond motifs is 1. The summed E-state index contributed by atoms with van der Waals surface area (Å²) in [4.78, 5) is 34.1. The first kappa shape index (κ1) is 29.8. The fourth-order valence-electron chi connectivity index (χ4n) is 3.86. The molecule has 0 radical (unpaired) electrons. The summed E-state index contributed by atoms with van der Waals surface area (Å²) in [6.07, 6.45) is 4.81. The van der Waals surface area contributed by atoms with Crippen LogP contribution in [0.2, 0.25) is 10.0 Å². The number of halogens is 2. The minimum Gasteiger partial charge on any atom is -0.487 e. The van der Waals surface area contributed by atoms with Gasteiger partial charge >= 0.3 is 0 Å². The van der Waals surface area contributed by atoms with Crippen LogP contribution in [0.4, 0.5) is 11.5 Å². The van der Waals surface area contributed by atoms with Gasteiger partial charge in [-0.25, -0.2) is 9.97 Å². The number of nitrogens with zero attached hydrogens (tertiary/aromatic N) is 3. The van der Waals surface area contributed by atoms with E-state index in [1.807, 2.05) is 37.3 Å². The van der Waals surface area contributed by atoms with Crippen LogP contribution >= 0.6 is 23.2 Å². The van der Waals surface area contributed by atoms with Gasteiger partial charge in [-0.3, -0.25) is 14.9 Å². The van der Waals surface area contributed by atoms with Crippen molar-refractivity contribution < 1.29 is 19.1 Å². The maximum atomic E-state index is 12.8. The second-order valence-corrected chi connectivity index (χ2v) is 9.86. The van der Waals surface area contributed by atoms with Crippen LogP contribution in [-0.4, -0.2) is 42.1 Å². The summed E-state index contributed by atoms with van der Waals surface area (Å²) in [5.41, 5.74) is 3.50. The van der Waals surface area contributed by atoms with Gasteiger partial charge in [0.05, 0.1) is 23.5 Å². The first-order valence-corrected chi connectivity index (χ1v) is 13.4. The summed E-state index contributed by atoms with van der Waals surface area (Å²) < 4.78 is 11.5. The van der Waals surface area contributed by atoms with Gasteiger partial charge in [-0.15, -0.1) is 0 Å². The average molecular weight is 594 g/mol. The maximum absolute atomic E-state index is 12.8. The molecule has 9 nitrogen and oxygen atoms in total. The predicted octanol–water partition coefficient (Wildman–Crippen LogP) is 5.98. The molecule has 0 atom stereocenters. The summed E-state index contributed by atoms with van der Waals surface area (Å²) in [5.74, 6) is 0.676. The van der Waals surface area contributed by atoms with E-state index in [-0.39, 0.29) is 31.7 Å². The number of nitrogens with one attached hydrogen (secondary N) is 2. The standard InChI is InChI=1S/C30H29Cl2N5O4/c1-19-7-9-22-5-4-6-26(30(22)35-19)41-17-23-24(31)10-11-25(29(23)32)37(3)28(39)16-33-18-40-14-13-21-8-12-27(34-15-21)36-20(2)38/h4-15,33H,16-18H2,1-3H3,(H,34,36,38). The van der Waals surface area contributed by atoms with E-state index < -0.39 is 0 Å². The number of likely N-dealkylation sites (N-methyl/N-ethyl adjacent to an activating group) is 1. The van der Waals surface area contributed by atoms with E-state index in [4.69, 9.17) is 32.7 Å². The van der Waals surface area contributed by atoms with Gasteiger partial charge in [0.15, 0.2) is 0 Å². The number of para-hydroxylation sites is 1. The van der Waals surface area contributed by atoms with Gasteiger partial charge in [0, 0.05) is 41.8 Å². The summed E-state index contributed by atoms with van der Waals surface area (Å²) in [6, 6.07) is 16.5. The minimum absolute atomic E-state index is 0.0170. The molecule has 0 aliphatic carbocycles. The molecule has 4 rings (SSSR count). The van der Waals surface area contributed by atoms with Crippen LogP contribution in [-0.2, 0) is 20.9 Å². The molecule has 0 spiro atoms. The van der Waals surface area contributed by atoms with Crippen molar-refractivity contribution in [3.05, 3.63) is 93.9 Å². The molecule has 212 valence electrons. The van der Waals surface area contributed by atoms with Crippen molar-refractivity contribution in [2.75, 3.05) is 30.5 Å². The number of amides is 2. The Morgan fingerprint density at radius 2 is 1.90 bits per heavy atom. The predicted molar refractivity (Wildman–Crippen MR) is 162 cm³/mol. The Kier molecular flexibility index (Phi) is 10.1. The van der Waals surface area contributed by atoms with E-state index in [1.54, 1.807) is 43.6 Å². The second kappa shape index (κ2) is 13.9. The van der Waals surface area contributed by atoms with E-state index in [0.29, 0.717) is 32.9 Å². The van der Waals surface area contributed by atoms with Crippen LogP contribution in [0.1, 0.15) is 23.7 Å².